The molecular formula is C14H11ClN2O3. The van der Waals surface area contributed by atoms with Gasteiger partial charge in [-0.15, -0.1) is 0 Å². The number of nitrogens with zero attached hydrogens (tertiary/aromatic N) is 1. The average Bonchev–Trinajstić information content (AvgIpc) is 3.05. The summed E-state index contributed by atoms with van der Waals surface area (Å²) in [7, 11) is 1.61. The van der Waals surface area contributed by atoms with E-state index >= 15 is 0 Å². The molecule has 1 aromatic carbocycles. The summed E-state index contributed by atoms with van der Waals surface area (Å²) in [4.78, 5) is 0. The zero-order chi connectivity index (χ0) is 14.1. The number of methoxy groups -OCH3 is 1. The number of benzene rings is 1. The first-order valence-corrected chi connectivity index (χ1v) is 6.22. The molecule has 2 aromatic heterocycles. The Labute approximate surface area is 119 Å². The van der Waals surface area contributed by atoms with Crippen molar-refractivity contribution < 1.29 is 13.7 Å². The number of anilines is 1. The van der Waals surface area contributed by atoms with Gasteiger partial charge in [-0.05, 0) is 41.4 Å². The van der Waals surface area contributed by atoms with Gasteiger partial charge in [0.05, 0.1) is 12.7 Å². The van der Waals surface area contributed by atoms with Crippen LogP contribution in [0.25, 0.3) is 22.6 Å². The summed E-state index contributed by atoms with van der Waals surface area (Å²) in [6.07, 6.45) is 0. The van der Waals surface area contributed by atoms with Gasteiger partial charge in [0.2, 0.25) is 5.88 Å². The number of nitrogens with two attached hydrogens (primary N) is 1. The first-order valence-electron chi connectivity index (χ1n) is 5.84. The van der Waals surface area contributed by atoms with Crippen LogP contribution in [0.15, 0.2) is 45.3 Å². The molecule has 6 heteroatoms. The van der Waals surface area contributed by atoms with Gasteiger partial charge in [0.1, 0.15) is 5.75 Å². The number of aromatic nitrogens is 1. The molecule has 0 aliphatic rings. The highest BCUT2D eigenvalue weighted by molar-refractivity contribution is 6.29. The molecule has 0 aliphatic heterocycles. The van der Waals surface area contributed by atoms with Crippen molar-refractivity contribution in [3.8, 4) is 28.3 Å². The van der Waals surface area contributed by atoms with Crippen LogP contribution in [0.1, 0.15) is 0 Å². The van der Waals surface area contributed by atoms with Gasteiger partial charge in [0, 0.05) is 0 Å². The Morgan fingerprint density at radius 1 is 1.15 bits per heavy atom. The van der Waals surface area contributed by atoms with Gasteiger partial charge in [0.15, 0.2) is 16.7 Å². The largest absolute Gasteiger partial charge is 0.497 e. The van der Waals surface area contributed by atoms with E-state index in [1.807, 2.05) is 24.3 Å². The van der Waals surface area contributed by atoms with E-state index < -0.39 is 0 Å². The van der Waals surface area contributed by atoms with Crippen LogP contribution in [-0.2, 0) is 0 Å². The summed E-state index contributed by atoms with van der Waals surface area (Å²) >= 11 is 5.78. The maximum absolute atomic E-state index is 5.85. The van der Waals surface area contributed by atoms with Gasteiger partial charge < -0.3 is 19.4 Å². The number of hydrogen-bond donors (Lipinski definition) is 1. The average molecular weight is 291 g/mol. The molecule has 0 atom stereocenters. The number of ether oxygens (including phenoxy) is 1. The van der Waals surface area contributed by atoms with Crippen molar-refractivity contribution in [1.82, 2.24) is 5.16 Å². The fourth-order valence-electron chi connectivity index (χ4n) is 1.95. The Morgan fingerprint density at radius 3 is 2.50 bits per heavy atom. The number of rotatable bonds is 3. The van der Waals surface area contributed by atoms with E-state index in [-0.39, 0.29) is 11.1 Å². The Morgan fingerprint density at radius 2 is 1.90 bits per heavy atom. The maximum atomic E-state index is 5.85. The van der Waals surface area contributed by atoms with E-state index in [0.29, 0.717) is 17.0 Å². The van der Waals surface area contributed by atoms with Gasteiger partial charge >= 0.3 is 0 Å². The summed E-state index contributed by atoms with van der Waals surface area (Å²) in [6.45, 7) is 0. The standard InChI is InChI=1S/C14H11ClN2O3/c1-18-9-4-2-8(3-5-9)12-13(17-20-14(12)16)10-6-7-11(15)19-10/h2-7H,16H2,1H3. The molecule has 0 fully saturated rings. The predicted molar refractivity (Wildman–Crippen MR) is 75.6 cm³/mol. The molecule has 0 spiro atoms. The van der Waals surface area contributed by atoms with Crippen LogP contribution in [0.5, 0.6) is 5.75 Å². The first-order chi connectivity index (χ1) is 9.69. The van der Waals surface area contributed by atoms with Crippen molar-refractivity contribution in [2.45, 2.75) is 0 Å². The minimum Gasteiger partial charge on any atom is -0.497 e. The normalized spacial score (nSPS) is 10.7. The SMILES string of the molecule is COc1ccc(-c2c(-c3ccc(Cl)o3)noc2N)cc1. The number of hydrogen-bond acceptors (Lipinski definition) is 5. The molecule has 0 aliphatic carbocycles. The highest BCUT2D eigenvalue weighted by atomic mass is 35.5. The van der Waals surface area contributed by atoms with Crippen molar-refractivity contribution in [3.63, 3.8) is 0 Å². The van der Waals surface area contributed by atoms with Crippen LogP contribution >= 0.6 is 11.6 Å². The maximum Gasteiger partial charge on any atom is 0.230 e. The van der Waals surface area contributed by atoms with Gasteiger partial charge in [-0.25, -0.2) is 0 Å². The Balaban J connectivity index is 2.10. The molecule has 2 heterocycles. The third-order valence-corrected chi connectivity index (χ3v) is 3.11. The third-order valence-electron chi connectivity index (χ3n) is 2.90. The van der Waals surface area contributed by atoms with Crippen molar-refractivity contribution in [2.24, 2.45) is 0 Å². The summed E-state index contributed by atoms with van der Waals surface area (Å²) < 4.78 is 15.5. The van der Waals surface area contributed by atoms with Crippen LogP contribution in [0.2, 0.25) is 5.22 Å². The molecule has 3 aromatic rings. The molecule has 0 bridgehead atoms. The fraction of sp³-hybridized carbons (Fsp3) is 0.0714. The summed E-state index contributed by atoms with van der Waals surface area (Å²) in [5, 5.41) is 4.21. The van der Waals surface area contributed by atoms with Crippen molar-refractivity contribution >= 4 is 17.5 Å². The zero-order valence-corrected chi connectivity index (χ0v) is 11.3. The highest BCUT2D eigenvalue weighted by Gasteiger charge is 2.20. The molecule has 0 unspecified atom stereocenters. The molecule has 0 amide bonds. The summed E-state index contributed by atoms with van der Waals surface area (Å²) in [6, 6.07) is 10.8. The lowest BCUT2D eigenvalue weighted by molar-refractivity contribution is 0.415. The Kier molecular flexibility index (Phi) is 3.12. The molecule has 2 N–H and O–H groups in total. The van der Waals surface area contributed by atoms with Gasteiger partial charge in [-0.1, -0.05) is 17.3 Å². The molecule has 3 rings (SSSR count). The second-order valence-electron chi connectivity index (χ2n) is 4.10. The lowest BCUT2D eigenvalue weighted by atomic mass is 10.0. The predicted octanol–water partition coefficient (Wildman–Crippen LogP) is 3.85. The lowest BCUT2D eigenvalue weighted by Crippen LogP contribution is -1.88. The number of nitrogen functional groups attached to an aromatic ring is 1. The van der Waals surface area contributed by atoms with Crippen molar-refractivity contribution in [1.29, 1.82) is 0 Å². The minimum atomic E-state index is 0.220. The van der Waals surface area contributed by atoms with E-state index in [1.54, 1.807) is 19.2 Å². The van der Waals surface area contributed by atoms with Crippen molar-refractivity contribution in [2.75, 3.05) is 12.8 Å². The molecule has 5 nitrogen and oxygen atoms in total. The monoisotopic (exact) mass is 290 g/mol. The topological polar surface area (TPSA) is 74.4 Å². The smallest absolute Gasteiger partial charge is 0.230 e. The van der Waals surface area contributed by atoms with Crippen LogP contribution in [0.4, 0.5) is 5.88 Å². The van der Waals surface area contributed by atoms with E-state index in [4.69, 9.17) is 31.0 Å². The Bertz CT molecular complexity index is 731. The van der Waals surface area contributed by atoms with Gasteiger partial charge in [0.25, 0.3) is 0 Å². The van der Waals surface area contributed by atoms with Crippen molar-refractivity contribution in [3.05, 3.63) is 41.6 Å². The molecule has 102 valence electrons. The van der Waals surface area contributed by atoms with Gasteiger partial charge in [-0.3, -0.25) is 0 Å². The molecule has 0 radical (unpaired) electrons. The van der Waals surface area contributed by atoms with Crippen LogP contribution in [0, 0.1) is 0 Å². The first kappa shape index (κ1) is 12.6. The highest BCUT2D eigenvalue weighted by Crippen LogP contribution is 2.37. The number of halogens is 1. The minimum absolute atomic E-state index is 0.220. The fourth-order valence-corrected chi connectivity index (χ4v) is 2.10. The van der Waals surface area contributed by atoms with E-state index in [1.165, 1.54) is 0 Å². The Hall–Kier alpha value is -2.40. The molecule has 0 saturated heterocycles. The quantitative estimate of drug-likeness (QED) is 0.793. The summed E-state index contributed by atoms with van der Waals surface area (Å²) in [5.41, 5.74) is 7.89. The van der Waals surface area contributed by atoms with Crippen LogP contribution in [-0.4, -0.2) is 12.3 Å². The lowest BCUT2D eigenvalue weighted by Gasteiger charge is -2.03. The van der Waals surface area contributed by atoms with E-state index in [0.717, 1.165) is 11.3 Å². The third kappa shape index (κ3) is 2.12. The molecular weight excluding hydrogens is 280 g/mol. The second-order valence-corrected chi connectivity index (χ2v) is 4.48. The molecule has 0 saturated carbocycles. The number of furan rings is 1. The second kappa shape index (κ2) is 4.94. The van der Waals surface area contributed by atoms with Crippen LogP contribution in [0.3, 0.4) is 0 Å². The summed E-state index contributed by atoms with van der Waals surface area (Å²) in [5.74, 6) is 1.48. The van der Waals surface area contributed by atoms with E-state index in [9.17, 15) is 0 Å². The van der Waals surface area contributed by atoms with E-state index in [2.05, 4.69) is 5.16 Å². The van der Waals surface area contributed by atoms with Crippen LogP contribution < -0.4 is 10.5 Å². The zero-order valence-electron chi connectivity index (χ0n) is 10.6. The van der Waals surface area contributed by atoms with Gasteiger partial charge in [-0.2, -0.15) is 0 Å². The molecule has 20 heavy (non-hydrogen) atoms.